The molecular weight excluding hydrogens is 304 g/mol. The Kier molecular flexibility index (Phi) is 3.81. The molecule has 0 atom stereocenters. The zero-order chi connectivity index (χ0) is 14.9. The Hall–Kier alpha value is -1.68. The average molecular weight is 318 g/mol. The zero-order valence-electron chi connectivity index (χ0n) is 11.3. The first-order valence-electron chi connectivity index (χ1n) is 6.60. The molecule has 3 rings (SSSR count). The van der Waals surface area contributed by atoms with E-state index in [1.54, 1.807) is 39.9 Å². The van der Waals surface area contributed by atoms with Crippen LogP contribution in [0.15, 0.2) is 35.7 Å². The van der Waals surface area contributed by atoms with E-state index in [9.17, 15) is 8.42 Å². The van der Waals surface area contributed by atoms with Gasteiger partial charge in [-0.25, -0.2) is 8.42 Å². The minimum Gasteiger partial charge on any atom is -0.212 e. The van der Waals surface area contributed by atoms with Gasteiger partial charge in [0.2, 0.25) is 10.0 Å². The summed E-state index contributed by atoms with van der Waals surface area (Å²) in [4.78, 5) is 1.29. The molecule has 1 aliphatic rings. The predicted octanol–water partition coefficient (Wildman–Crippen LogP) is 2.51. The maximum Gasteiger partial charge on any atom is 0.218 e. The second-order valence-corrected chi connectivity index (χ2v) is 7.99. The summed E-state index contributed by atoms with van der Waals surface area (Å²) in [5, 5.41) is 10.8. The summed E-state index contributed by atoms with van der Waals surface area (Å²) < 4.78 is 26.6. The molecule has 0 fully saturated rings. The summed E-state index contributed by atoms with van der Waals surface area (Å²) in [6.07, 6.45) is 0.791. The van der Waals surface area contributed by atoms with E-state index in [2.05, 4.69) is 0 Å². The van der Waals surface area contributed by atoms with Crippen molar-refractivity contribution < 1.29 is 8.42 Å². The molecule has 0 N–H and O–H groups in total. The van der Waals surface area contributed by atoms with E-state index >= 15 is 0 Å². The lowest BCUT2D eigenvalue weighted by Gasteiger charge is -2.26. The minimum atomic E-state index is -3.32. The Morgan fingerprint density at radius 1 is 1.24 bits per heavy atom. The SMILES string of the molecule is N#Cc1ccc(CS(=O)(=O)N2CCc3sccc3C2)cc1. The average Bonchev–Trinajstić information content (AvgIpc) is 2.95. The van der Waals surface area contributed by atoms with Gasteiger partial charge >= 0.3 is 0 Å². The molecule has 1 aromatic heterocycles. The highest BCUT2D eigenvalue weighted by molar-refractivity contribution is 7.88. The number of hydrogen-bond donors (Lipinski definition) is 0. The molecule has 1 aromatic carbocycles. The first-order valence-corrected chi connectivity index (χ1v) is 9.09. The maximum atomic E-state index is 12.5. The van der Waals surface area contributed by atoms with Crippen molar-refractivity contribution in [2.24, 2.45) is 0 Å². The Labute approximate surface area is 128 Å². The highest BCUT2D eigenvalue weighted by atomic mass is 32.2. The van der Waals surface area contributed by atoms with Gasteiger partial charge in [0.1, 0.15) is 0 Å². The number of sulfonamides is 1. The first-order chi connectivity index (χ1) is 10.1. The Balaban J connectivity index is 1.77. The van der Waals surface area contributed by atoms with Gasteiger partial charge in [0, 0.05) is 18.0 Å². The van der Waals surface area contributed by atoms with Crippen LogP contribution in [0.2, 0.25) is 0 Å². The van der Waals surface area contributed by atoms with Crippen molar-refractivity contribution in [2.75, 3.05) is 6.54 Å². The van der Waals surface area contributed by atoms with Gasteiger partial charge in [0.05, 0.1) is 17.4 Å². The van der Waals surface area contributed by atoms with Gasteiger partial charge in [-0.3, -0.25) is 0 Å². The molecule has 1 aliphatic heterocycles. The fourth-order valence-corrected chi connectivity index (χ4v) is 4.83. The van der Waals surface area contributed by atoms with Gasteiger partial charge < -0.3 is 0 Å². The van der Waals surface area contributed by atoms with E-state index < -0.39 is 10.0 Å². The molecule has 21 heavy (non-hydrogen) atoms. The van der Waals surface area contributed by atoms with E-state index in [4.69, 9.17) is 5.26 Å². The van der Waals surface area contributed by atoms with Crippen LogP contribution in [0.4, 0.5) is 0 Å². The largest absolute Gasteiger partial charge is 0.218 e. The van der Waals surface area contributed by atoms with E-state index in [1.807, 2.05) is 17.5 Å². The summed E-state index contributed by atoms with van der Waals surface area (Å²) in [6, 6.07) is 10.7. The third kappa shape index (κ3) is 3.00. The summed E-state index contributed by atoms with van der Waals surface area (Å²) in [7, 11) is -3.32. The summed E-state index contributed by atoms with van der Waals surface area (Å²) in [6.45, 7) is 1.02. The number of nitriles is 1. The molecule has 2 aromatic rings. The van der Waals surface area contributed by atoms with Gasteiger partial charge in [-0.1, -0.05) is 12.1 Å². The molecular formula is C15H14N2O2S2. The Morgan fingerprint density at radius 2 is 2.00 bits per heavy atom. The molecule has 4 nitrogen and oxygen atoms in total. The van der Waals surface area contributed by atoms with E-state index in [0.29, 0.717) is 24.2 Å². The van der Waals surface area contributed by atoms with Gasteiger partial charge in [-0.05, 0) is 41.1 Å². The van der Waals surface area contributed by atoms with Crippen LogP contribution < -0.4 is 0 Å². The second-order valence-electron chi connectivity index (χ2n) is 5.02. The highest BCUT2D eigenvalue weighted by Gasteiger charge is 2.27. The van der Waals surface area contributed by atoms with Gasteiger partial charge in [-0.2, -0.15) is 9.57 Å². The van der Waals surface area contributed by atoms with Crippen molar-refractivity contribution in [1.82, 2.24) is 4.31 Å². The summed E-state index contributed by atoms with van der Waals surface area (Å²) in [5.74, 6) is -0.0157. The Bertz CT molecular complexity index is 786. The second kappa shape index (κ2) is 5.60. The normalized spacial score (nSPS) is 15.4. The van der Waals surface area contributed by atoms with Gasteiger partial charge in [-0.15, -0.1) is 11.3 Å². The van der Waals surface area contributed by atoms with Crippen LogP contribution >= 0.6 is 11.3 Å². The highest BCUT2D eigenvalue weighted by Crippen LogP contribution is 2.26. The molecule has 0 unspecified atom stereocenters. The molecule has 0 aliphatic carbocycles. The molecule has 0 amide bonds. The van der Waals surface area contributed by atoms with Gasteiger partial charge in [0.15, 0.2) is 0 Å². The molecule has 2 heterocycles. The third-order valence-corrected chi connectivity index (χ3v) is 6.42. The smallest absolute Gasteiger partial charge is 0.212 e. The van der Waals surface area contributed by atoms with Crippen LogP contribution in [0.3, 0.4) is 0 Å². The monoisotopic (exact) mass is 318 g/mol. The fourth-order valence-electron chi connectivity index (χ4n) is 2.44. The summed E-state index contributed by atoms with van der Waals surface area (Å²) in [5.41, 5.74) is 2.37. The molecule has 0 radical (unpaired) electrons. The predicted molar refractivity (Wildman–Crippen MR) is 82.2 cm³/mol. The van der Waals surface area contributed by atoms with Crippen LogP contribution in [0.5, 0.6) is 0 Å². The molecule has 0 bridgehead atoms. The molecule has 6 heteroatoms. The number of rotatable bonds is 3. The lowest BCUT2D eigenvalue weighted by Crippen LogP contribution is -2.36. The van der Waals surface area contributed by atoms with Gasteiger partial charge in [0.25, 0.3) is 0 Å². The molecule has 0 spiro atoms. The molecule has 0 saturated carbocycles. The van der Waals surface area contributed by atoms with E-state index in [1.165, 1.54) is 4.88 Å². The van der Waals surface area contributed by atoms with Crippen molar-refractivity contribution >= 4 is 21.4 Å². The number of nitrogens with zero attached hydrogens (tertiary/aromatic N) is 2. The van der Waals surface area contributed by atoms with Crippen molar-refractivity contribution in [3.8, 4) is 6.07 Å². The quantitative estimate of drug-likeness (QED) is 0.873. The van der Waals surface area contributed by atoms with Crippen molar-refractivity contribution in [1.29, 1.82) is 5.26 Å². The van der Waals surface area contributed by atoms with Crippen LogP contribution in [0.1, 0.15) is 21.6 Å². The van der Waals surface area contributed by atoms with E-state index in [0.717, 1.165) is 12.0 Å². The minimum absolute atomic E-state index is 0.0157. The number of fused-ring (bicyclic) bond motifs is 1. The zero-order valence-corrected chi connectivity index (χ0v) is 13.0. The first kappa shape index (κ1) is 14.3. The van der Waals surface area contributed by atoms with Crippen molar-refractivity contribution in [2.45, 2.75) is 18.7 Å². The third-order valence-electron chi connectivity index (χ3n) is 3.60. The topological polar surface area (TPSA) is 61.2 Å². The fraction of sp³-hybridized carbons (Fsp3) is 0.267. The van der Waals surface area contributed by atoms with E-state index in [-0.39, 0.29) is 5.75 Å². The van der Waals surface area contributed by atoms with Crippen LogP contribution in [0, 0.1) is 11.3 Å². The lowest BCUT2D eigenvalue weighted by molar-refractivity contribution is 0.393. The maximum absolute atomic E-state index is 12.5. The Morgan fingerprint density at radius 3 is 2.71 bits per heavy atom. The van der Waals surface area contributed by atoms with Crippen molar-refractivity contribution in [3.63, 3.8) is 0 Å². The van der Waals surface area contributed by atoms with Crippen LogP contribution in [-0.2, 0) is 28.7 Å². The van der Waals surface area contributed by atoms with Crippen LogP contribution in [-0.4, -0.2) is 19.3 Å². The standard InChI is InChI=1S/C15H14N2O2S2/c16-9-12-1-3-13(4-2-12)11-21(18,19)17-7-5-15-14(10-17)6-8-20-15/h1-4,6,8H,5,7,10-11H2. The number of thiophene rings is 1. The summed E-state index contributed by atoms with van der Waals surface area (Å²) >= 11 is 1.69. The lowest BCUT2D eigenvalue weighted by atomic mass is 10.1. The van der Waals surface area contributed by atoms with Crippen LogP contribution in [0.25, 0.3) is 0 Å². The number of benzene rings is 1. The molecule has 108 valence electrons. The molecule has 0 saturated heterocycles. The van der Waals surface area contributed by atoms with Crippen molar-refractivity contribution in [3.05, 3.63) is 57.3 Å². The number of hydrogen-bond acceptors (Lipinski definition) is 4.